The Morgan fingerprint density at radius 2 is 1.96 bits per heavy atom. The summed E-state index contributed by atoms with van der Waals surface area (Å²) in [6.07, 6.45) is 0. The number of rotatable bonds is 5. The lowest BCUT2D eigenvalue weighted by Crippen LogP contribution is -2.33. The number of aryl methyl sites for hydroxylation is 1. The molecule has 0 unspecified atom stereocenters. The summed E-state index contributed by atoms with van der Waals surface area (Å²) >= 11 is 12.6. The molecule has 0 atom stereocenters. The molecule has 23 heavy (non-hydrogen) atoms. The minimum Gasteiger partial charge on any atom is -0.424 e. The molecule has 0 saturated carbocycles. The summed E-state index contributed by atoms with van der Waals surface area (Å²) in [6, 6.07) is 7.86. The number of halogens is 2. The molecule has 2 aromatic rings. The molecular formula is C14H13Cl2NO4S2. The molecule has 0 N–H and O–H groups in total. The van der Waals surface area contributed by atoms with Crippen LogP contribution in [0.5, 0.6) is 5.75 Å². The van der Waals surface area contributed by atoms with Crippen molar-refractivity contribution in [2.45, 2.75) is 11.1 Å². The largest absolute Gasteiger partial charge is 0.424 e. The molecule has 1 heterocycles. The summed E-state index contributed by atoms with van der Waals surface area (Å²) in [5.74, 6) is -0.534. The average molecular weight is 394 g/mol. The third-order valence-corrected chi connectivity index (χ3v) is 6.69. The highest BCUT2D eigenvalue weighted by atomic mass is 35.5. The summed E-state index contributed by atoms with van der Waals surface area (Å²) in [5, 5.41) is 0.277. The minimum absolute atomic E-state index is 0.0615. The van der Waals surface area contributed by atoms with Crippen LogP contribution in [0.25, 0.3) is 0 Å². The van der Waals surface area contributed by atoms with Crippen LogP contribution in [-0.2, 0) is 14.8 Å². The first-order valence-corrected chi connectivity index (χ1v) is 9.40. The number of carbonyl (C=O) groups is 1. The zero-order chi connectivity index (χ0) is 17.2. The van der Waals surface area contributed by atoms with E-state index in [0.29, 0.717) is 4.34 Å². The van der Waals surface area contributed by atoms with E-state index in [-0.39, 0.29) is 15.0 Å². The monoisotopic (exact) mass is 393 g/mol. The molecule has 9 heteroatoms. The van der Waals surface area contributed by atoms with Crippen LogP contribution in [-0.4, -0.2) is 32.3 Å². The van der Waals surface area contributed by atoms with Gasteiger partial charge < -0.3 is 4.74 Å². The van der Waals surface area contributed by atoms with Crippen LogP contribution in [0.2, 0.25) is 9.36 Å². The number of hydrogen-bond acceptors (Lipinski definition) is 5. The summed E-state index contributed by atoms with van der Waals surface area (Å²) in [6.45, 7) is 1.38. The summed E-state index contributed by atoms with van der Waals surface area (Å²) < 4.78 is 31.0. The molecule has 1 aromatic heterocycles. The standard InChI is InChI=1S/C14H13Cl2NO4S2/c1-9-3-4-10(15)11(7-9)21-13(18)8-17(2)23(19,20)14-6-5-12(16)22-14/h3-7H,8H2,1-2H3. The van der Waals surface area contributed by atoms with Crippen molar-refractivity contribution in [2.24, 2.45) is 0 Å². The third kappa shape index (κ3) is 4.45. The van der Waals surface area contributed by atoms with Crippen molar-refractivity contribution in [3.05, 3.63) is 45.3 Å². The van der Waals surface area contributed by atoms with Crippen molar-refractivity contribution in [1.82, 2.24) is 4.31 Å². The van der Waals surface area contributed by atoms with E-state index in [0.717, 1.165) is 21.2 Å². The van der Waals surface area contributed by atoms with Gasteiger partial charge in [0.2, 0.25) is 0 Å². The van der Waals surface area contributed by atoms with Gasteiger partial charge in [0, 0.05) is 7.05 Å². The fraction of sp³-hybridized carbons (Fsp3) is 0.214. The van der Waals surface area contributed by atoms with Gasteiger partial charge in [-0.05, 0) is 36.8 Å². The Labute approximate surface area is 148 Å². The quantitative estimate of drug-likeness (QED) is 0.574. The molecule has 0 radical (unpaired) electrons. The van der Waals surface area contributed by atoms with Gasteiger partial charge in [-0.25, -0.2) is 8.42 Å². The summed E-state index contributed by atoms with van der Waals surface area (Å²) in [4.78, 5) is 12.0. The lowest BCUT2D eigenvalue weighted by Gasteiger charge is -2.15. The Balaban J connectivity index is 2.09. The molecule has 5 nitrogen and oxygen atoms in total. The SMILES string of the molecule is Cc1ccc(Cl)c(OC(=O)CN(C)S(=O)(=O)c2ccc(Cl)s2)c1. The first-order chi connectivity index (χ1) is 10.7. The second-order valence-corrected chi connectivity index (χ2v) is 9.12. The Hall–Kier alpha value is -1.12. The van der Waals surface area contributed by atoms with Crippen molar-refractivity contribution >= 4 is 50.5 Å². The molecule has 2 rings (SSSR count). The first kappa shape index (κ1) is 18.2. The molecule has 0 aliphatic heterocycles. The second kappa shape index (κ2) is 7.19. The Bertz CT molecular complexity index is 833. The minimum atomic E-state index is -3.79. The number of carbonyl (C=O) groups excluding carboxylic acids is 1. The van der Waals surface area contributed by atoms with Crippen molar-refractivity contribution in [1.29, 1.82) is 0 Å². The van der Waals surface area contributed by atoms with E-state index in [4.69, 9.17) is 27.9 Å². The molecular weight excluding hydrogens is 381 g/mol. The highest BCUT2D eigenvalue weighted by molar-refractivity contribution is 7.91. The zero-order valence-electron chi connectivity index (χ0n) is 12.2. The van der Waals surface area contributed by atoms with Crippen molar-refractivity contribution < 1.29 is 17.9 Å². The molecule has 0 amide bonds. The first-order valence-electron chi connectivity index (χ1n) is 6.38. The number of nitrogens with zero attached hydrogens (tertiary/aromatic N) is 1. The topological polar surface area (TPSA) is 63.7 Å². The van der Waals surface area contributed by atoms with E-state index in [1.54, 1.807) is 18.2 Å². The van der Waals surface area contributed by atoms with Gasteiger partial charge in [0.15, 0.2) is 0 Å². The van der Waals surface area contributed by atoms with E-state index >= 15 is 0 Å². The molecule has 0 fully saturated rings. The number of ether oxygens (including phenoxy) is 1. The Morgan fingerprint density at radius 3 is 2.57 bits per heavy atom. The maximum atomic E-state index is 12.3. The number of esters is 1. The van der Waals surface area contributed by atoms with Gasteiger partial charge in [-0.2, -0.15) is 4.31 Å². The van der Waals surface area contributed by atoms with Crippen molar-refractivity contribution in [3.63, 3.8) is 0 Å². The molecule has 124 valence electrons. The third-order valence-electron chi connectivity index (χ3n) is 2.88. The summed E-state index contributed by atoms with van der Waals surface area (Å²) in [7, 11) is -2.50. The van der Waals surface area contributed by atoms with Crippen LogP contribution in [0.1, 0.15) is 5.56 Å². The molecule has 0 spiro atoms. The number of sulfonamides is 1. The van der Waals surface area contributed by atoms with E-state index in [2.05, 4.69) is 0 Å². The van der Waals surface area contributed by atoms with E-state index < -0.39 is 22.5 Å². The smallest absolute Gasteiger partial charge is 0.326 e. The second-order valence-electron chi connectivity index (χ2n) is 4.73. The Kier molecular flexibility index (Phi) is 5.70. The van der Waals surface area contributed by atoms with E-state index in [1.165, 1.54) is 19.2 Å². The van der Waals surface area contributed by atoms with Gasteiger partial charge in [0.25, 0.3) is 10.0 Å². The maximum absolute atomic E-state index is 12.3. The molecule has 0 aliphatic rings. The number of likely N-dealkylation sites (N-methyl/N-ethyl adjacent to an activating group) is 1. The molecule has 0 bridgehead atoms. The highest BCUT2D eigenvalue weighted by Crippen LogP contribution is 2.28. The fourth-order valence-electron chi connectivity index (χ4n) is 1.70. The molecule has 1 aromatic carbocycles. The van der Waals surface area contributed by atoms with Crippen molar-refractivity contribution in [3.8, 4) is 5.75 Å². The summed E-state index contributed by atoms with van der Waals surface area (Å²) in [5.41, 5.74) is 0.867. The van der Waals surface area contributed by atoms with Crippen LogP contribution >= 0.6 is 34.5 Å². The Morgan fingerprint density at radius 1 is 1.26 bits per heavy atom. The number of benzene rings is 1. The van der Waals surface area contributed by atoms with Gasteiger partial charge in [-0.3, -0.25) is 4.79 Å². The predicted molar refractivity (Wildman–Crippen MR) is 91.0 cm³/mol. The lowest BCUT2D eigenvalue weighted by molar-refractivity contribution is -0.134. The van der Waals surface area contributed by atoms with Crippen LogP contribution in [0, 0.1) is 6.92 Å². The zero-order valence-corrected chi connectivity index (χ0v) is 15.4. The predicted octanol–water partition coefficient (Wildman–Crippen LogP) is 3.59. The molecule has 0 saturated heterocycles. The number of thiophene rings is 1. The van der Waals surface area contributed by atoms with Crippen LogP contribution in [0.15, 0.2) is 34.5 Å². The normalized spacial score (nSPS) is 11.7. The van der Waals surface area contributed by atoms with Gasteiger partial charge in [0.05, 0.1) is 9.36 Å². The average Bonchev–Trinajstić information content (AvgIpc) is 2.90. The van der Waals surface area contributed by atoms with E-state index in [1.807, 2.05) is 6.92 Å². The number of hydrogen-bond donors (Lipinski definition) is 0. The van der Waals surface area contributed by atoms with Crippen LogP contribution in [0.3, 0.4) is 0 Å². The molecule has 0 aliphatic carbocycles. The maximum Gasteiger partial charge on any atom is 0.326 e. The van der Waals surface area contributed by atoms with E-state index in [9.17, 15) is 13.2 Å². The van der Waals surface area contributed by atoms with Gasteiger partial charge >= 0.3 is 5.97 Å². The van der Waals surface area contributed by atoms with Gasteiger partial charge in [-0.1, -0.05) is 29.3 Å². The van der Waals surface area contributed by atoms with Gasteiger partial charge in [0.1, 0.15) is 16.5 Å². The lowest BCUT2D eigenvalue weighted by atomic mass is 10.2. The highest BCUT2D eigenvalue weighted by Gasteiger charge is 2.25. The van der Waals surface area contributed by atoms with Crippen LogP contribution < -0.4 is 4.74 Å². The van der Waals surface area contributed by atoms with Crippen LogP contribution in [0.4, 0.5) is 0 Å². The van der Waals surface area contributed by atoms with Crippen molar-refractivity contribution in [2.75, 3.05) is 13.6 Å². The van der Waals surface area contributed by atoms with Gasteiger partial charge in [-0.15, -0.1) is 11.3 Å². The fourth-order valence-corrected chi connectivity index (χ4v) is 4.67.